The van der Waals surface area contributed by atoms with Gasteiger partial charge in [-0.05, 0) is 49.2 Å². The molecule has 0 bridgehead atoms. The zero-order valence-corrected chi connectivity index (χ0v) is 15.5. The van der Waals surface area contributed by atoms with E-state index in [0.29, 0.717) is 5.56 Å². The van der Waals surface area contributed by atoms with E-state index in [2.05, 4.69) is 10.3 Å². The van der Waals surface area contributed by atoms with Crippen molar-refractivity contribution in [1.29, 1.82) is 0 Å². The molecule has 0 spiro atoms. The Hall–Kier alpha value is -2.18. The van der Waals surface area contributed by atoms with Crippen LogP contribution in [0.1, 0.15) is 27.2 Å². The molecular formula is C19H17FN2OS2. The van der Waals surface area contributed by atoms with Gasteiger partial charge in [-0.3, -0.25) is 4.79 Å². The quantitative estimate of drug-likeness (QED) is 0.606. The zero-order chi connectivity index (χ0) is 17.8. The monoisotopic (exact) mass is 372 g/mol. The first-order valence-electron chi connectivity index (χ1n) is 7.72. The van der Waals surface area contributed by atoms with Gasteiger partial charge in [0.1, 0.15) is 10.2 Å². The molecule has 128 valence electrons. The Kier molecular flexibility index (Phi) is 5.50. The second-order valence-corrected chi connectivity index (χ2v) is 7.76. The van der Waals surface area contributed by atoms with Crippen LogP contribution in [0.15, 0.2) is 52.2 Å². The maximum absolute atomic E-state index is 13.8. The molecule has 0 radical (unpaired) electrons. The largest absolute Gasteiger partial charge is 0.319 e. The van der Waals surface area contributed by atoms with E-state index in [0.717, 1.165) is 26.9 Å². The van der Waals surface area contributed by atoms with Crippen LogP contribution >= 0.6 is 23.1 Å². The minimum absolute atomic E-state index is 0.189. The smallest absolute Gasteiger partial charge is 0.255 e. The molecule has 0 aliphatic rings. The molecule has 0 unspecified atom stereocenters. The normalized spacial score (nSPS) is 10.7. The number of rotatable bonds is 5. The van der Waals surface area contributed by atoms with Gasteiger partial charge in [-0.1, -0.05) is 30.0 Å². The van der Waals surface area contributed by atoms with Crippen molar-refractivity contribution in [1.82, 2.24) is 4.98 Å². The molecule has 3 aromatic rings. The lowest BCUT2D eigenvalue weighted by atomic mass is 10.1. The van der Waals surface area contributed by atoms with Crippen molar-refractivity contribution in [3.05, 3.63) is 76.0 Å². The molecule has 2 aromatic carbocycles. The molecule has 6 heteroatoms. The Balaban J connectivity index is 1.62. The summed E-state index contributed by atoms with van der Waals surface area (Å²) in [5.74, 6) is 0.0409. The fourth-order valence-corrected chi connectivity index (χ4v) is 4.02. The van der Waals surface area contributed by atoms with E-state index in [-0.39, 0.29) is 11.6 Å². The number of carbonyl (C=O) groups excluding carboxylic acids is 1. The van der Waals surface area contributed by atoms with Crippen molar-refractivity contribution >= 4 is 34.7 Å². The minimum Gasteiger partial charge on any atom is -0.319 e. The summed E-state index contributed by atoms with van der Waals surface area (Å²) in [6, 6.07) is 12.1. The van der Waals surface area contributed by atoms with E-state index in [1.54, 1.807) is 54.3 Å². The third-order valence-corrected chi connectivity index (χ3v) is 5.76. The van der Waals surface area contributed by atoms with E-state index in [1.807, 2.05) is 24.4 Å². The van der Waals surface area contributed by atoms with Crippen molar-refractivity contribution in [3.63, 3.8) is 0 Å². The van der Waals surface area contributed by atoms with E-state index < -0.39 is 5.82 Å². The van der Waals surface area contributed by atoms with Crippen molar-refractivity contribution in [3.8, 4) is 0 Å². The van der Waals surface area contributed by atoms with Crippen LogP contribution in [-0.2, 0) is 5.75 Å². The lowest BCUT2D eigenvalue weighted by Gasteiger charge is -2.08. The summed E-state index contributed by atoms with van der Waals surface area (Å²) in [7, 11) is 0. The summed E-state index contributed by atoms with van der Waals surface area (Å²) in [5, 5.41) is 4.63. The van der Waals surface area contributed by atoms with E-state index >= 15 is 0 Å². The van der Waals surface area contributed by atoms with Crippen LogP contribution in [0.4, 0.5) is 10.1 Å². The van der Waals surface area contributed by atoms with Gasteiger partial charge in [0, 0.05) is 22.4 Å². The Morgan fingerprint density at radius 1 is 1.20 bits per heavy atom. The van der Waals surface area contributed by atoms with Gasteiger partial charge >= 0.3 is 0 Å². The summed E-state index contributed by atoms with van der Waals surface area (Å²) >= 11 is 3.30. The van der Waals surface area contributed by atoms with Crippen LogP contribution in [0.5, 0.6) is 0 Å². The third-order valence-electron chi connectivity index (χ3n) is 3.55. The van der Waals surface area contributed by atoms with Crippen molar-refractivity contribution in [2.24, 2.45) is 0 Å². The first kappa shape index (κ1) is 17.6. The number of hydrogen-bond donors (Lipinski definition) is 1. The number of thioether (sulfide) groups is 1. The van der Waals surface area contributed by atoms with Crippen LogP contribution in [0.3, 0.4) is 0 Å². The number of aryl methyl sites for hydroxylation is 2. The van der Waals surface area contributed by atoms with E-state index in [1.165, 1.54) is 6.07 Å². The number of nitrogens with zero attached hydrogens (tertiary/aromatic N) is 1. The topological polar surface area (TPSA) is 42.0 Å². The van der Waals surface area contributed by atoms with Gasteiger partial charge in [-0.15, -0.1) is 11.3 Å². The molecule has 1 aromatic heterocycles. The molecule has 3 rings (SSSR count). The standard InChI is InChI=1S/C19H17FN2OS2/c1-12-3-8-17(16(20)9-12)22-18(23)15-6-4-14(5-7-15)11-25-19-21-13(2)10-24-19/h3-10H,11H2,1-2H3,(H,22,23). The van der Waals surface area contributed by atoms with Gasteiger partial charge in [0.05, 0.1) is 5.69 Å². The first-order valence-corrected chi connectivity index (χ1v) is 9.59. The Bertz CT molecular complexity index is 891. The van der Waals surface area contributed by atoms with Crippen molar-refractivity contribution in [2.45, 2.75) is 23.9 Å². The molecule has 0 aliphatic heterocycles. The summed E-state index contributed by atoms with van der Waals surface area (Å²) < 4.78 is 14.9. The molecule has 0 aliphatic carbocycles. The molecule has 3 nitrogen and oxygen atoms in total. The van der Waals surface area contributed by atoms with Gasteiger partial charge in [0.2, 0.25) is 0 Å². The summed E-state index contributed by atoms with van der Waals surface area (Å²) in [6.45, 7) is 3.78. The van der Waals surface area contributed by atoms with Gasteiger partial charge in [-0.25, -0.2) is 9.37 Å². The number of aromatic nitrogens is 1. The summed E-state index contributed by atoms with van der Waals surface area (Å²) in [4.78, 5) is 16.7. The second kappa shape index (κ2) is 7.80. The number of thiazole rings is 1. The molecule has 0 fully saturated rings. The van der Waals surface area contributed by atoms with E-state index in [9.17, 15) is 9.18 Å². The Morgan fingerprint density at radius 3 is 2.60 bits per heavy atom. The third kappa shape index (κ3) is 4.67. The fraction of sp³-hybridized carbons (Fsp3) is 0.158. The first-order chi connectivity index (χ1) is 12.0. The fourth-order valence-electron chi connectivity index (χ4n) is 2.21. The lowest BCUT2D eigenvalue weighted by molar-refractivity contribution is 0.102. The molecule has 0 saturated heterocycles. The molecule has 1 amide bonds. The van der Waals surface area contributed by atoms with Crippen LogP contribution in [0.2, 0.25) is 0 Å². The number of carbonyl (C=O) groups is 1. The number of amides is 1. The molecule has 1 heterocycles. The van der Waals surface area contributed by atoms with Crippen molar-refractivity contribution in [2.75, 3.05) is 5.32 Å². The number of halogens is 1. The predicted octanol–water partition coefficient (Wildman–Crippen LogP) is 5.44. The number of nitrogens with one attached hydrogen (secondary N) is 1. The second-order valence-electron chi connectivity index (χ2n) is 5.68. The van der Waals surface area contributed by atoms with Gasteiger partial charge in [0.25, 0.3) is 5.91 Å². The highest BCUT2D eigenvalue weighted by atomic mass is 32.2. The Labute approximate surface area is 154 Å². The average Bonchev–Trinajstić information content (AvgIpc) is 3.01. The number of benzene rings is 2. The SMILES string of the molecule is Cc1ccc(NC(=O)c2ccc(CSc3nc(C)cs3)cc2)c(F)c1. The molecule has 0 saturated carbocycles. The van der Waals surface area contributed by atoms with Crippen molar-refractivity contribution < 1.29 is 9.18 Å². The van der Waals surface area contributed by atoms with Gasteiger partial charge in [-0.2, -0.15) is 0 Å². The van der Waals surface area contributed by atoms with Crippen LogP contribution in [0.25, 0.3) is 0 Å². The van der Waals surface area contributed by atoms with Crippen LogP contribution < -0.4 is 5.32 Å². The molecule has 0 atom stereocenters. The minimum atomic E-state index is -0.430. The highest BCUT2D eigenvalue weighted by Gasteiger charge is 2.10. The van der Waals surface area contributed by atoms with Gasteiger partial charge < -0.3 is 5.32 Å². The average molecular weight is 372 g/mol. The maximum atomic E-state index is 13.8. The Morgan fingerprint density at radius 2 is 1.96 bits per heavy atom. The lowest BCUT2D eigenvalue weighted by Crippen LogP contribution is -2.13. The summed E-state index contributed by atoms with van der Waals surface area (Å²) in [5.41, 5.74) is 3.64. The highest BCUT2D eigenvalue weighted by molar-refractivity contribution is 8.00. The zero-order valence-electron chi connectivity index (χ0n) is 13.9. The highest BCUT2D eigenvalue weighted by Crippen LogP contribution is 2.26. The van der Waals surface area contributed by atoms with E-state index in [4.69, 9.17) is 0 Å². The number of hydrogen-bond acceptors (Lipinski definition) is 4. The van der Waals surface area contributed by atoms with Gasteiger partial charge in [0.15, 0.2) is 0 Å². The molecular weight excluding hydrogens is 355 g/mol. The maximum Gasteiger partial charge on any atom is 0.255 e. The molecule has 1 N–H and O–H groups in total. The number of anilines is 1. The molecule has 25 heavy (non-hydrogen) atoms. The predicted molar refractivity (Wildman–Crippen MR) is 102 cm³/mol. The van der Waals surface area contributed by atoms with Crippen LogP contribution in [-0.4, -0.2) is 10.9 Å². The summed E-state index contributed by atoms with van der Waals surface area (Å²) in [6.07, 6.45) is 0. The van der Waals surface area contributed by atoms with Crippen LogP contribution in [0, 0.1) is 19.7 Å².